The molecule has 1 aliphatic rings. The van der Waals surface area contributed by atoms with Gasteiger partial charge in [0.25, 0.3) is 0 Å². The van der Waals surface area contributed by atoms with Gasteiger partial charge in [0, 0.05) is 22.3 Å². The highest BCUT2D eigenvalue weighted by Gasteiger charge is 2.26. The Kier molecular flexibility index (Phi) is 2.77. The van der Waals surface area contributed by atoms with Crippen molar-refractivity contribution in [2.75, 3.05) is 5.32 Å². The molecule has 5 heteroatoms. The highest BCUT2D eigenvalue weighted by atomic mass is 32.2. The molecule has 2 heterocycles. The summed E-state index contributed by atoms with van der Waals surface area (Å²) in [5.74, 6) is -0.148. The van der Waals surface area contributed by atoms with Crippen LogP contribution in [0.2, 0.25) is 0 Å². The minimum absolute atomic E-state index is 0.148. The fourth-order valence-electron chi connectivity index (χ4n) is 1.86. The molecule has 1 atom stereocenters. The van der Waals surface area contributed by atoms with E-state index < -0.39 is 6.04 Å². The normalized spacial score (nSPS) is 17.4. The second kappa shape index (κ2) is 4.44. The van der Waals surface area contributed by atoms with Gasteiger partial charge in [-0.05, 0) is 24.3 Å². The van der Waals surface area contributed by atoms with Crippen molar-refractivity contribution in [1.82, 2.24) is 4.98 Å². The number of rotatable bonds is 2. The summed E-state index contributed by atoms with van der Waals surface area (Å²) in [5, 5.41) is 3.70. The van der Waals surface area contributed by atoms with Gasteiger partial charge in [0.15, 0.2) is 0 Å². The summed E-state index contributed by atoms with van der Waals surface area (Å²) in [6.07, 6.45) is 1.76. The first-order chi connectivity index (χ1) is 8.74. The van der Waals surface area contributed by atoms with E-state index in [1.807, 2.05) is 36.4 Å². The van der Waals surface area contributed by atoms with Crippen molar-refractivity contribution in [1.29, 1.82) is 0 Å². The summed E-state index contributed by atoms with van der Waals surface area (Å²) in [6.45, 7) is 0. The van der Waals surface area contributed by atoms with Gasteiger partial charge in [0.2, 0.25) is 5.91 Å². The van der Waals surface area contributed by atoms with E-state index in [1.54, 1.807) is 18.0 Å². The van der Waals surface area contributed by atoms with Crippen molar-refractivity contribution >= 4 is 23.4 Å². The van der Waals surface area contributed by atoms with Gasteiger partial charge in [0.1, 0.15) is 11.1 Å². The van der Waals surface area contributed by atoms with Crippen LogP contribution < -0.4 is 11.1 Å². The van der Waals surface area contributed by atoms with E-state index in [2.05, 4.69) is 10.3 Å². The van der Waals surface area contributed by atoms with E-state index in [1.165, 1.54) is 0 Å². The minimum Gasteiger partial charge on any atom is -0.324 e. The molecule has 3 N–H and O–H groups in total. The van der Waals surface area contributed by atoms with Crippen molar-refractivity contribution in [3.05, 3.63) is 48.2 Å². The molecule has 0 fully saturated rings. The quantitative estimate of drug-likeness (QED) is 0.865. The molecule has 0 radical (unpaired) electrons. The van der Waals surface area contributed by atoms with Gasteiger partial charge < -0.3 is 11.1 Å². The van der Waals surface area contributed by atoms with Crippen LogP contribution in [0.1, 0.15) is 11.6 Å². The number of carbonyl (C=O) groups is 1. The summed E-state index contributed by atoms with van der Waals surface area (Å²) < 4.78 is 0. The number of nitrogens with two attached hydrogens (primary N) is 1. The van der Waals surface area contributed by atoms with Crippen LogP contribution in [0, 0.1) is 0 Å². The van der Waals surface area contributed by atoms with Crippen LogP contribution in [-0.2, 0) is 4.79 Å². The number of hydrogen-bond donors (Lipinski definition) is 2. The highest BCUT2D eigenvalue weighted by Crippen LogP contribution is 2.34. The fourth-order valence-corrected chi connectivity index (χ4v) is 2.67. The van der Waals surface area contributed by atoms with E-state index in [-0.39, 0.29) is 5.91 Å². The molecular weight excluding hydrogens is 246 g/mol. The molecule has 1 aromatic carbocycles. The van der Waals surface area contributed by atoms with Crippen molar-refractivity contribution in [2.24, 2.45) is 5.73 Å². The molecule has 3 rings (SSSR count). The molecule has 0 aliphatic carbocycles. The van der Waals surface area contributed by atoms with Crippen LogP contribution in [0.5, 0.6) is 0 Å². The van der Waals surface area contributed by atoms with E-state index >= 15 is 0 Å². The third-order valence-electron chi connectivity index (χ3n) is 2.76. The second-order valence-electron chi connectivity index (χ2n) is 3.99. The molecule has 1 amide bonds. The number of fused-ring (bicyclic) bond motifs is 1. The molecule has 0 saturated heterocycles. The van der Waals surface area contributed by atoms with Gasteiger partial charge in [0.05, 0.1) is 0 Å². The fraction of sp³-hybridized carbons (Fsp3) is 0.0769. The van der Waals surface area contributed by atoms with Crippen molar-refractivity contribution in [2.45, 2.75) is 16.0 Å². The average molecular weight is 257 g/mol. The van der Waals surface area contributed by atoms with E-state index in [0.29, 0.717) is 0 Å². The van der Waals surface area contributed by atoms with Crippen LogP contribution in [0.15, 0.2) is 52.5 Å². The molecule has 0 saturated carbocycles. The zero-order valence-corrected chi connectivity index (χ0v) is 10.3. The highest BCUT2D eigenvalue weighted by molar-refractivity contribution is 7.99. The Bertz CT molecular complexity index is 600. The van der Waals surface area contributed by atoms with Crippen molar-refractivity contribution in [3.63, 3.8) is 0 Å². The van der Waals surface area contributed by atoms with Crippen molar-refractivity contribution < 1.29 is 4.79 Å². The lowest BCUT2D eigenvalue weighted by Gasteiger charge is -2.04. The number of pyridine rings is 1. The Morgan fingerprint density at radius 3 is 2.94 bits per heavy atom. The number of nitrogens with one attached hydrogen (secondary N) is 1. The summed E-state index contributed by atoms with van der Waals surface area (Å²) in [7, 11) is 0. The van der Waals surface area contributed by atoms with Crippen molar-refractivity contribution in [3.8, 4) is 0 Å². The van der Waals surface area contributed by atoms with Gasteiger partial charge >= 0.3 is 0 Å². The number of aromatic nitrogens is 1. The largest absolute Gasteiger partial charge is 0.324 e. The molecule has 2 aromatic rings. The lowest BCUT2D eigenvalue weighted by Crippen LogP contribution is -2.19. The molecule has 0 spiro atoms. The Hall–Kier alpha value is -1.85. The van der Waals surface area contributed by atoms with E-state index in [9.17, 15) is 4.79 Å². The Labute approximate surface area is 109 Å². The standard InChI is InChI=1S/C13H11N3OS/c14-12-9-5-4-8(7-10(9)16-13(12)17)18-11-3-1-2-6-15-11/h1-7,12H,14H2,(H,16,17). The maximum Gasteiger partial charge on any atom is 0.245 e. The SMILES string of the molecule is NC1C(=O)Nc2cc(Sc3ccccn3)ccc21. The molecular formula is C13H11N3OS. The maximum atomic E-state index is 11.4. The first-order valence-electron chi connectivity index (χ1n) is 5.53. The Balaban J connectivity index is 1.88. The Morgan fingerprint density at radius 1 is 1.28 bits per heavy atom. The predicted octanol–water partition coefficient (Wildman–Crippen LogP) is 2.18. The number of benzene rings is 1. The minimum atomic E-state index is -0.547. The van der Waals surface area contributed by atoms with Crippen LogP contribution in [0.25, 0.3) is 0 Å². The summed E-state index contributed by atoms with van der Waals surface area (Å²) in [6, 6.07) is 11.0. The molecule has 1 aliphatic heterocycles. The van der Waals surface area contributed by atoms with Crippen LogP contribution in [0.4, 0.5) is 5.69 Å². The van der Waals surface area contributed by atoms with E-state index in [4.69, 9.17) is 5.73 Å². The summed E-state index contributed by atoms with van der Waals surface area (Å²) in [4.78, 5) is 16.7. The van der Waals surface area contributed by atoms with Gasteiger partial charge in [-0.1, -0.05) is 23.9 Å². The number of amides is 1. The third kappa shape index (κ3) is 1.98. The number of anilines is 1. The second-order valence-corrected chi connectivity index (χ2v) is 5.08. The van der Waals surface area contributed by atoms with Gasteiger partial charge in [-0.2, -0.15) is 0 Å². The zero-order valence-electron chi connectivity index (χ0n) is 9.46. The molecule has 0 bridgehead atoms. The molecule has 4 nitrogen and oxygen atoms in total. The lowest BCUT2D eigenvalue weighted by molar-refractivity contribution is -0.116. The summed E-state index contributed by atoms with van der Waals surface area (Å²) in [5.41, 5.74) is 7.41. The molecule has 1 unspecified atom stereocenters. The molecule has 90 valence electrons. The lowest BCUT2D eigenvalue weighted by atomic mass is 10.1. The maximum absolute atomic E-state index is 11.4. The molecule has 18 heavy (non-hydrogen) atoms. The topological polar surface area (TPSA) is 68.0 Å². The van der Waals surface area contributed by atoms with Crippen LogP contribution >= 0.6 is 11.8 Å². The van der Waals surface area contributed by atoms with Gasteiger partial charge in [-0.25, -0.2) is 4.98 Å². The average Bonchev–Trinajstić information content (AvgIpc) is 2.66. The van der Waals surface area contributed by atoms with E-state index in [0.717, 1.165) is 21.2 Å². The monoisotopic (exact) mass is 257 g/mol. The van der Waals surface area contributed by atoms with Gasteiger partial charge in [-0.15, -0.1) is 0 Å². The van der Waals surface area contributed by atoms with Crippen LogP contribution in [-0.4, -0.2) is 10.9 Å². The Morgan fingerprint density at radius 2 is 2.17 bits per heavy atom. The first-order valence-corrected chi connectivity index (χ1v) is 6.35. The number of hydrogen-bond acceptors (Lipinski definition) is 4. The molecule has 1 aromatic heterocycles. The third-order valence-corrected chi connectivity index (χ3v) is 3.70. The van der Waals surface area contributed by atoms with Crippen LogP contribution in [0.3, 0.4) is 0 Å². The zero-order chi connectivity index (χ0) is 12.5. The first kappa shape index (κ1) is 11.3. The predicted molar refractivity (Wildman–Crippen MR) is 70.4 cm³/mol. The summed E-state index contributed by atoms with van der Waals surface area (Å²) >= 11 is 1.55. The number of carbonyl (C=O) groups excluding carboxylic acids is 1. The van der Waals surface area contributed by atoms with Gasteiger partial charge in [-0.3, -0.25) is 4.79 Å². The number of nitrogens with zero attached hydrogens (tertiary/aromatic N) is 1. The smallest absolute Gasteiger partial charge is 0.245 e.